The van der Waals surface area contributed by atoms with Crippen LogP contribution in [-0.4, -0.2) is 96.7 Å². The van der Waals surface area contributed by atoms with E-state index in [1.165, 1.54) is 334 Å². The van der Waals surface area contributed by atoms with Crippen LogP contribution in [0.15, 0.2) is 0 Å². The second kappa shape index (κ2) is 85.0. The maximum Gasteiger partial charge on any atom is 0.472 e. The van der Waals surface area contributed by atoms with Crippen LogP contribution in [0.2, 0.25) is 0 Å². The summed E-state index contributed by atoms with van der Waals surface area (Å²) < 4.78 is 69.0. The average molecular weight is 1610 g/mol. The molecule has 0 spiro atoms. The summed E-state index contributed by atoms with van der Waals surface area (Å²) in [6, 6.07) is 0. The van der Waals surface area contributed by atoms with Crippen molar-refractivity contribution >= 4 is 39.5 Å². The van der Waals surface area contributed by atoms with Gasteiger partial charge in [-0.3, -0.25) is 37.3 Å². The lowest BCUT2D eigenvalue weighted by molar-refractivity contribution is -0.161. The van der Waals surface area contributed by atoms with Crippen LogP contribution in [0.5, 0.6) is 0 Å². The van der Waals surface area contributed by atoms with Gasteiger partial charge in [0.25, 0.3) is 0 Å². The Kier molecular flexibility index (Phi) is 83.5. The van der Waals surface area contributed by atoms with Crippen LogP contribution < -0.4 is 0 Å². The number of aliphatic hydroxyl groups is 1. The number of hydrogen-bond donors (Lipinski definition) is 3. The summed E-state index contributed by atoms with van der Waals surface area (Å²) in [5, 5.41) is 10.7. The van der Waals surface area contributed by atoms with Gasteiger partial charge in [0.1, 0.15) is 19.3 Å². The summed E-state index contributed by atoms with van der Waals surface area (Å²) in [7, 11) is -9.93. The second-order valence-electron chi connectivity index (χ2n) is 32.7. The van der Waals surface area contributed by atoms with Crippen molar-refractivity contribution in [3.8, 4) is 0 Å². The zero-order valence-electron chi connectivity index (χ0n) is 72.3. The molecule has 2 unspecified atom stereocenters. The summed E-state index contributed by atoms with van der Waals surface area (Å²) in [6.07, 6.45) is 82.1. The molecule has 654 valence electrons. The zero-order valence-corrected chi connectivity index (χ0v) is 74.0. The summed E-state index contributed by atoms with van der Waals surface area (Å²) in [5.74, 6) is -2.09. The van der Waals surface area contributed by atoms with Gasteiger partial charge in [-0.1, -0.05) is 451 Å². The van der Waals surface area contributed by atoms with E-state index in [0.29, 0.717) is 25.7 Å². The molecule has 0 aliphatic rings. The topological polar surface area (TPSA) is 237 Å². The molecule has 110 heavy (non-hydrogen) atoms. The Morgan fingerprint density at radius 3 is 0.536 bits per heavy atom. The molecule has 0 aromatic carbocycles. The summed E-state index contributed by atoms with van der Waals surface area (Å²) in [5.41, 5.74) is 0. The number of hydrogen-bond acceptors (Lipinski definition) is 15. The highest BCUT2D eigenvalue weighted by Gasteiger charge is 2.31. The molecule has 0 aromatic rings. The Bertz CT molecular complexity index is 2070. The number of aliphatic hydroxyl groups excluding tert-OH is 1. The molecule has 0 aliphatic heterocycles. The highest BCUT2D eigenvalue weighted by molar-refractivity contribution is 7.47. The van der Waals surface area contributed by atoms with Crippen molar-refractivity contribution in [3.05, 3.63) is 0 Å². The molecule has 0 rings (SSSR count). The maximum absolute atomic E-state index is 13.2. The molecule has 19 heteroatoms. The first-order valence-corrected chi connectivity index (χ1v) is 50.3. The molecular formula is C91H178O17P2. The lowest BCUT2D eigenvalue weighted by Crippen LogP contribution is -2.30. The summed E-state index contributed by atoms with van der Waals surface area (Å²) >= 11 is 0. The quantitative estimate of drug-likeness (QED) is 0.0222. The zero-order chi connectivity index (χ0) is 80.3. The third kappa shape index (κ3) is 84.0. The average Bonchev–Trinajstić information content (AvgIpc) is 0.905. The third-order valence-electron chi connectivity index (χ3n) is 21.6. The third-order valence-corrected chi connectivity index (χ3v) is 23.5. The normalized spacial score (nSPS) is 13.6. The van der Waals surface area contributed by atoms with Crippen LogP contribution in [0.1, 0.15) is 503 Å². The van der Waals surface area contributed by atoms with Crippen LogP contribution in [0.3, 0.4) is 0 Å². The van der Waals surface area contributed by atoms with Gasteiger partial charge in [-0.15, -0.1) is 0 Å². The Morgan fingerprint density at radius 2 is 0.364 bits per heavy atom. The molecule has 3 N–H and O–H groups in total. The fraction of sp³-hybridized carbons (Fsp3) is 0.956. The fourth-order valence-electron chi connectivity index (χ4n) is 14.4. The van der Waals surface area contributed by atoms with Gasteiger partial charge in [0.05, 0.1) is 26.4 Å². The van der Waals surface area contributed by atoms with Gasteiger partial charge in [0.2, 0.25) is 0 Å². The predicted molar refractivity (Wildman–Crippen MR) is 455 cm³/mol. The van der Waals surface area contributed by atoms with E-state index >= 15 is 0 Å². The fourth-order valence-corrected chi connectivity index (χ4v) is 16.0. The standard InChI is InChI=1S/C91H178O17P2/c1-5-9-13-17-21-25-29-32-35-38-40-42-44-46-49-52-55-58-62-66-70-74-78-91(96)108-87(82-102-89(94)76-72-68-64-60-56-53-50-48-45-43-41-39-36-33-30-26-22-18-14-10-6-2)84-106-110(99,100)104-80-85(92)79-103-109(97,98)105-83-86(81-101-88(93)75-71-67-63-59-28-24-20-16-12-8-4)107-90(95)77-73-69-65-61-57-54-51-47-37-34-31-27-23-19-15-11-7-3/h85-87,92H,5-84H2,1-4H3,(H,97,98)(H,99,100)/t85-,86+,87+/m0/s1. The van der Waals surface area contributed by atoms with Crippen molar-refractivity contribution < 1.29 is 80.2 Å². The minimum Gasteiger partial charge on any atom is -0.462 e. The second-order valence-corrected chi connectivity index (χ2v) is 35.6. The number of rotatable bonds is 92. The highest BCUT2D eigenvalue weighted by Crippen LogP contribution is 2.45. The predicted octanol–water partition coefficient (Wildman–Crippen LogP) is 28.5. The van der Waals surface area contributed by atoms with Gasteiger partial charge in [0, 0.05) is 25.7 Å². The van der Waals surface area contributed by atoms with E-state index in [-0.39, 0.29) is 25.7 Å². The molecule has 0 aliphatic carbocycles. The molecule has 5 atom stereocenters. The van der Waals surface area contributed by atoms with E-state index in [1.807, 2.05) is 0 Å². The van der Waals surface area contributed by atoms with E-state index in [1.54, 1.807) is 0 Å². The number of carbonyl (C=O) groups is 4. The van der Waals surface area contributed by atoms with Gasteiger partial charge in [0.15, 0.2) is 12.2 Å². The Balaban J connectivity index is 5.20. The maximum atomic E-state index is 13.2. The van der Waals surface area contributed by atoms with Gasteiger partial charge in [-0.2, -0.15) is 0 Å². The first-order valence-electron chi connectivity index (χ1n) is 47.3. The Morgan fingerprint density at radius 1 is 0.218 bits per heavy atom. The van der Waals surface area contributed by atoms with E-state index in [2.05, 4.69) is 27.7 Å². The van der Waals surface area contributed by atoms with E-state index in [0.717, 1.165) is 89.9 Å². The molecule has 0 amide bonds. The number of phosphoric acid groups is 2. The number of ether oxygens (including phenoxy) is 4. The van der Waals surface area contributed by atoms with Crippen LogP contribution in [0.4, 0.5) is 0 Å². The SMILES string of the molecule is CCCCCCCCCCCCCCCCCCCCCCCCC(=O)O[C@H](COC(=O)CCCCCCCCCCCCCCCCCCCCCCC)COP(=O)(O)OC[C@@H](O)COP(=O)(O)OC[C@@H](COC(=O)CCCCCCCCCCCC)OC(=O)CCCCCCCCCCCCCCCCCCC. The van der Waals surface area contributed by atoms with Gasteiger partial charge >= 0.3 is 39.5 Å². The molecule has 17 nitrogen and oxygen atoms in total. The number of phosphoric ester groups is 2. The van der Waals surface area contributed by atoms with E-state index in [9.17, 15) is 43.2 Å². The van der Waals surface area contributed by atoms with Crippen molar-refractivity contribution in [2.24, 2.45) is 0 Å². The van der Waals surface area contributed by atoms with Gasteiger partial charge < -0.3 is 33.8 Å². The molecule has 0 saturated carbocycles. The van der Waals surface area contributed by atoms with Crippen LogP contribution in [0.25, 0.3) is 0 Å². The van der Waals surface area contributed by atoms with Crippen LogP contribution in [-0.2, 0) is 65.4 Å². The Hall–Kier alpha value is -1.94. The lowest BCUT2D eigenvalue weighted by Gasteiger charge is -2.21. The van der Waals surface area contributed by atoms with Crippen molar-refractivity contribution in [1.29, 1.82) is 0 Å². The van der Waals surface area contributed by atoms with Gasteiger partial charge in [-0.05, 0) is 25.7 Å². The molecule has 0 radical (unpaired) electrons. The van der Waals surface area contributed by atoms with Crippen LogP contribution in [0, 0.1) is 0 Å². The molecule has 0 bridgehead atoms. The number of esters is 4. The largest absolute Gasteiger partial charge is 0.472 e. The lowest BCUT2D eigenvalue weighted by atomic mass is 10.0. The molecule has 0 heterocycles. The highest BCUT2D eigenvalue weighted by atomic mass is 31.2. The Labute approximate surface area is 677 Å². The van der Waals surface area contributed by atoms with Crippen molar-refractivity contribution in [2.75, 3.05) is 39.6 Å². The number of unbranched alkanes of at least 4 members (excludes halogenated alkanes) is 66. The van der Waals surface area contributed by atoms with Crippen molar-refractivity contribution in [2.45, 2.75) is 521 Å². The molecule has 0 saturated heterocycles. The summed E-state index contributed by atoms with van der Waals surface area (Å²) in [4.78, 5) is 73.4. The minimum atomic E-state index is -4.97. The molecule has 0 aromatic heterocycles. The summed E-state index contributed by atoms with van der Waals surface area (Å²) in [6.45, 7) is 5.08. The van der Waals surface area contributed by atoms with Gasteiger partial charge in [-0.25, -0.2) is 9.13 Å². The van der Waals surface area contributed by atoms with E-state index < -0.39 is 97.5 Å². The number of carbonyl (C=O) groups excluding carboxylic acids is 4. The molecule has 0 fully saturated rings. The minimum absolute atomic E-state index is 0.109. The first-order chi connectivity index (χ1) is 53.7. The van der Waals surface area contributed by atoms with Crippen molar-refractivity contribution in [1.82, 2.24) is 0 Å². The smallest absolute Gasteiger partial charge is 0.462 e. The van der Waals surface area contributed by atoms with Crippen LogP contribution >= 0.6 is 15.6 Å². The first kappa shape index (κ1) is 108. The monoisotopic (exact) mass is 1610 g/mol. The van der Waals surface area contributed by atoms with Crippen molar-refractivity contribution in [3.63, 3.8) is 0 Å². The molecular weight excluding hydrogens is 1430 g/mol. The van der Waals surface area contributed by atoms with E-state index in [4.69, 9.17) is 37.0 Å².